The Morgan fingerprint density at radius 2 is 2.20 bits per heavy atom. The zero-order valence-corrected chi connectivity index (χ0v) is 11.9. The number of nitrogens with zero attached hydrogens (tertiary/aromatic N) is 1. The number of rotatable bonds is 3. The highest BCUT2D eigenvalue weighted by atomic mass is 19.1. The van der Waals surface area contributed by atoms with Gasteiger partial charge in [-0.1, -0.05) is 19.9 Å². The Morgan fingerprint density at radius 3 is 2.80 bits per heavy atom. The summed E-state index contributed by atoms with van der Waals surface area (Å²) >= 11 is 0. The van der Waals surface area contributed by atoms with Gasteiger partial charge in [0.1, 0.15) is 17.1 Å². The van der Waals surface area contributed by atoms with Gasteiger partial charge in [0.2, 0.25) is 0 Å². The number of phenolic OH excluding ortho intramolecular Hbond substituents is 1. The van der Waals surface area contributed by atoms with Crippen molar-refractivity contribution in [3.8, 4) is 5.75 Å². The summed E-state index contributed by atoms with van der Waals surface area (Å²) in [4.78, 5) is 14.3. The van der Waals surface area contributed by atoms with Gasteiger partial charge in [-0.15, -0.1) is 0 Å². The maximum Gasteiger partial charge on any atom is 0.260 e. The summed E-state index contributed by atoms with van der Waals surface area (Å²) < 4.78 is 13.8. The highest BCUT2D eigenvalue weighted by Crippen LogP contribution is 2.24. The van der Waals surface area contributed by atoms with Crippen LogP contribution < -0.4 is 5.32 Å². The molecule has 20 heavy (non-hydrogen) atoms. The topological polar surface area (TPSA) is 52.6 Å². The third kappa shape index (κ3) is 2.77. The summed E-state index contributed by atoms with van der Waals surface area (Å²) in [5.41, 5.74) is -0.220. The number of piperazine rings is 1. The first-order valence-electron chi connectivity index (χ1n) is 7.10. The van der Waals surface area contributed by atoms with Gasteiger partial charge in [0.05, 0.1) is 0 Å². The number of halogens is 1. The molecule has 0 aliphatic carbocycles. The van der Waals surface area contributed by atoms with Crippen molar-refractivity contribution in [1.29, 1.82) is 0 Å². The van der Waals surface area contributed by atoms with Crippen LogP contribution in [-0.2, 0) is 0 Å². The standard InChI is InChI=1S/C15H21FN2O2/c1-3-10-9-18(11(4-2)8-17-10)15(20)14-12(16)6-5-7-13(14)19/h5-7,10-11,17,19H,3-4,8-9H2,1-2H3. The molecule has 0 saturated carbocycles. The summed E-state index contributed by atoms with van der Waals surface area (Å²) in [7, 11) is 0. The molecule has 0 aromatic heterocycles. The van der Waals surface area contributed by atoms with Crippen molar-refractivity contribution < 1.29 is 14.3 Å². The summed E-state index contributed by atoms with van der Waals surface area (Å²) in [6, 6.07) is 4.19. The van der Waals surface area contributed by atoms with Crippen molar-refractivity contribution in [3.05, 3.63) is 29.6 Å². The normalized spacial score (nSPS) is 22.9. The number of carbonyl (C=O) groups excluding carboxylic acids is 1. The van der Waals surface area contributed by atoms with Gasteiger partial charge in [0.15, 0.2) is 0 Å². The van der Waals surface area contributed by atoms with E-state index in [1.54, 1.807) is 4.90 Å². The van der Waals surface area contributed by atoms with Crippen molar-refractivity contribution in [2.24, 2.45) is 0 Å². The highest BCUT2D eigenvalue weighted by molar-refractivity contribution is 5.97. The molecule has 1 aromatic carbocycles. The average molecular weight is 280 g/mol. The van der Waals surface area contributed by atoms with E-state index in [2.05, 4.69) is 5.32 Å². The molecule has 5 heteroatoms. The van der Waals surface area contributed by atoms with Gasteiger partial charge in [-0.3, -0.25) is 4.79 Å². The summed E-state index contributed by atoms with van der Waals surface area (Å²) in [6.45, 7) is 5.30. The van der Waals surface area contributed by atoms with Gasteiger partial charge >= 0.3 is 0 Å². The third-order valence-corrected chi connectivity index (χ3v) is 3.93. The van der Waals surface area contributed by atoms with E-state index in [1.165, 1.54) is 18.2 Å². The molecule has 1 fully saturated rings. The lowest BCUT2D eigenvalue weighted by Crippen LogP contribution is -2.58. The van der Waals surface area contributed by atoms with Crippen LogP contribution in [0.5, 0.6) is 5.75 Å². The van der Waals surface area contributed by atoms with E-state index in [-0.39, 0.29) is 23.4 Å². The first kappa shape index (κ1) is 14.8. The van der Waals surface area contributed by atoms with Gasteiger partial charge in [0, 0.05) is 25.2 Å². The Labute approximate surface area is 118 Å². The second-order valence-corrected chi connectivity index (χ2v) is 5.17. The first-order valence-corrected chi connectivity index (χ1v) is 7.10. The Kier molecular flexibility index (Phi) is 4.60. The maximum absolute atomic E-state index is 13.8. The Morgan fingerprint density at radius 1 is 1.45 bits per heavy atom. The lowest BCUT2D eigenvalue weighted by atomic mass is 10.0. The van der Waals surface area contributed by atoms with Gasteiger partial charge in [-0.25, -0.2) is 4.39 Å². The molecule has 0 radical (unpaired) electrons. The maximum atomic E-state index is 13.8. The number of carbonyl (C=O) groups is 1. The van der Waals surface area contributed by atoms with Crippen LogP contribution in [-0.4, -0.2) is 41.1 Å². The number of hydrogen-bond acceptors (Lipinski definition) is 3. The molecular formula is C15H21FN2O2. The van der Waals surface area contributed by atoms with Crippen LogP contribution in [0.1, 0.15) is 37.0 Å². The quantitative estimate of drug-likeness (QED) is 0.892. The molecule has 1 amide bonds. The number of benzene rings is 1. The van der Waals surface area contributed by atoms with Crippen LogP contribution in [0.2, 0.25) is 0 Å². The van der Waals surface area contributed by atoms with Crippen LogP contribution in [0.3, 0.4) is 0 Å². The predicted octanol–water partition coefficient (Wildman–Crippen LogP) is 2.13. The Hall–Kier alpha value is -1.62. The Balaban J connectivity index is 2.29. The fraction of sp³-hybridized carbons (Fsp3) is 0.533. The van der Waals surface area contributed by atoms with Crippen molar-refractivity contribution in [2.45, 2.75) is 38.8 Å². The molecule has 2 unspecified atom stereocenters. The molecule has 4 nitrogen and oxygen atoms in total. The van der Waals surface area contributed by atoms with E-state index in [4.69, 9.17) is 0 Å². The second-order valence-electron chi connectivity index (χ2n) is 5.17. The van der Waals surface area contributed by atoms with E-state index in [0.29, 0.717) is 13.1 Å². The number of hydrogen-bond donors (Lipinski definition) is 2. The first-order chi connectivity index (χ1) is 9.58. The van der Waals surface area contributed by atoms with Crippen molar-refractivity contribution in [3.63, 3.8) is 0 Å². The number of phenols is 1. The zero-order chi connectivity index (χ0) is 14.7. The number of amides is 1. The molecule has 2 N–H and O–H groups in total. The molecule has 1 aliphatic rings. The third-order valence-electron chi connectivity index (χ3n) is 3.93. The molecule has 1 aromatic rings. The minimum atomic E-state index is -0.670. The summed E-state index contributed by atoms with van der Waals surface area (Å²) in [6.07, 6.45) is 1.70. The van der Waals surface area contributed by atoms with E-state index >= 15 is 0 Å². The van der Waals surface area contributed by atoms with Crippen LogP contribution in [0, 0.1) is 5.82 Å². The van der Waals surface area contributed by atoms with Crippen LogP contribution >= 0.6 is 0 Å². The monoisotopic (exact) mass is 280 g/mol. The number of aromatic hydroxyl groups is 1. The van der Waals surface area contributed by atoms with E-state index < -0.39 is 11.7 Å². The summed E-state index contributed by atoms with van der Waals surface area (Å²) in [5, 5.41) is 13.2. The van der Waals surface area contributed by atoms with Crippen molar-refractivity contribution in [1.82, 2.24) is 10.2 Å². The molecule has 1 heterocycles. The Bertz CT molecular complexity index is 473. The number of nitrogens with one attached hydrogen (secondary N) is 1. The molecule has 0 spiro atoms. The molecule has 1 aliphatic heterocycles. The van der Waals surface area contributed by atoms with E-state index in [9.17, 15) is 14.3 Å². The lowest BCUT2D eigenvalue weighted by molar-refractivity contribution is 0.0568. The van der Waals surface area contributed by atoms with E-state index in [1.807, 2.05) is 13.8 Å². The molecule has 0 bridgehead atoms. The minimum Gasteiger partial charge on any atom is -0.507 e. The molecule has 2 atom stereocenters. The van der Waals surface area contributed by atoms with Gasteiger partial charge < -0.3 is 15.3 Å². The van der Waals surface area contributed by atoms with Crippen molar-refractivity contribution in [2.75, 3.05) is 13.1 Å². The molecule has 2 rings (SSSR count). The van der Waals surface area contributed by atoms with Gasteiger partial charge in [0.25, 0.3) is 5.91 Å². The van der Waals surface area contributed by atoms with Gasteiger partial charge in [-0.2, -0.15) is 0 Å². The molecule has 1 saturated heterocycles. The average Bonchev–Trinajstić information content (AvgIpc) is 2.46. The zero-order valence-electron chi connectivity index (χ0n) is 11.9. The molecular weight excluding hydrogens is 259 g/mol. The van der Waals surface area contributed by atoms with Crippen LogP contribution in [0.25, 0.3) is 0 Å². The predicted molar refractivity (Wildman–Crippen MR) is 75.3 cm³/mol. The smallest absolute Gasteiger partial charge is 0.260 e. The fourth-order valence-corrected chi connectivity index (χ4v) is 2.62. The van der Waals surface area contributed by atoms with Crippen molar-refractivity contribution >= 4 is 5.91 Å². The largest absolute Gasteiger partial charge is 0.507 e. The van der Waals surface area contributed by atoms with Gasteiger partial charge in [-0.05, 0) is 25.0 Å². The SMILES string of the molecule is CCC1CN(C(=O)c2c(O)cccc2F)C(CC)CN1. The fourth-order valence-electron chi connectivity index (χ4n) is 2.62. The summed E-state index contributed by atoms with van der Waals surface area (Å²) in [5.74, 6) is -1.39. The molecule has 110 valence electrons. The minimum absolute atomic E-state index is 0.0318. The lowest BCUT2D eigenvalue weighted by Gasteiger charge is -2.40. The van der Waals surface area contributed by atoms with E-state index in [0.717, 1.165) is 12.8 Å². The second kappa shape index (κ2) is 6.22. The highest BCUT2D eigenvalue weighted by Gasteiger charge is 2.32. The van der Waals surface area contributed by atoms with Crippen LogP contribution in [0.15, 0.2) is 18.2 Å². The van der Waals surface area contributed by atoms with Crippen LogP contribution in [0.4, 0.5) is 4.39 Å².